The molecule has 2 heterocycles. The van der Waals surface area contributed by atoms with E-state index in [0.29, 0.717) is 5.69 Å². The molecule has 1 aliphatic heterocycles. The van der Waals surface area contributed by atoms with E-state index in [9.17, 15) is 9.59 Å². The van der Waals surface area contributed by atoms with E-state index in [-0.39, 0.29) is 23.4 Å². The molecule has 2 N–H and O–H groups in total. The minimum Gasteiger partial charge on any atom is -0.377 e. The molecule has 4 rings (SSSR count). The van der Waals surface area contributed by atoms with Crippen molar-refractivity contribution in [1.29, 1.82) is 0 Å². The minimum atomic E-state index is -0.623. The highest BCUT2D eigenvalue weighted by atomic mass is 79.9. The summed E-state index contributed by atoms with van der Waals surface area (Å²) >= 11 is 4.38. The standard InChI is InChI=1S/C21H16BrN5O2S/c22-14-5-7-15(8-6-14)27-19(28)11-18(20(27)29)30-21(23)26-25-12-13-9-10-24-17-4-2-1-3-16(13)17/h1-10,12,18H,11H2,(H2,23,26)/b25-12-/t18-/m1/s1. The van der Waals surface area contributed by atoms with Gasteiger partial charge in [0.15, 0.2) is 5.17 Å². The summed E-state index contributed by atoms with van der Waals surface area (Å²) in [4.78, 5) is 30.5. The molecule has 0 spiro atoms. The number of nitrogens with zero attached hydrogens (tertiary/aromatic N) is 4. The number of halogens is 1. The van der Waals surface area contributed by atoms with Gasteiger partial charge in [0.05, 0.1) is 17.4 Å². The number of aromatic nitrogens is 1. The van der Waals surface area contributed by atoms with Gasteiger partial charge in [-0.05, 0) is 36.4 Å². The molecule has 2 aromatic carbocycles. The molecular weight excluding hydrogens is 466 g/mol. The van der Waals surface area contributed by atoms with Crippen molar-refractivity contribution in [2.75, 3.05) is 4.90 Å². The lowest BCUT2D eigenvalue weighted by molar-refractivity contribution is -0.121. The molecule has 0 unspecified atom stereocenters. The highest BCUT2D eigenvalue weighted by Gasteiger charge is 2.40. The van der Waals surface area contributed by atoms with E-state index in [0.717, 1.165) is 32.7 Å². The van der Waals surface area contributed by atoms with Gasteiger partial charge in [0, 0.05) is 28.0 Å². The Kier molecular flexibility index (Phi) is 5.91. The highest BCUT2D eigenvalue weighted by molar-refractivity contribution is 9.10. The molecule has 3 aromatic rings. The second-order valence-corrected chi connectivity index (χ2v) is 8.59. The van der Waals surface area contributed by atoms with E-state index in [1.54, 1.807) is 36.7 Å². The molecule has 9 heteroatoms. The fraction of sp³-hybridized carbons (Fsp3) is 0.0952. The van der Waals surface area contributed by atoms with Crippen LogP contribution in [-0.2, 0) is 9.59 Å². The van der Waals surface area contributed by atoms with Crippen LogP contribution in [0.25, 0.3) is 10.9 Å². The third kappa shape index (κ3) is 4.27. The van der Waals surface area contributed by atoms with Gasteiger partial charge in [-0.2, -0.15) is 5.10 Å². The summed E-state index contributed by atoms with van der Waals surface area (Å²) in [6, 6.07) is 16.5. The average molecular weight is 482 g/mol. The molecular formula is C21H16BrN5O2S. The lowest BCUT2D eigenvalue weighted by Crippen LogP contribution is -2.31. The maximum atomic E-state index is 12.7. The number of fused-ring (bicyclic) bond motifs is 1. The van der Waals surface area contributed by atoms with Gasteiger partial charge in [-0.3, -0.25) is 14.6 Å². The average Bonchev–Trinajstić information content (AvgIpc) is 3.02. The van der Waals surface area contributed by atoms with Crippen LogP contribution in [0.2, 0.25) is 0 Å². The number of imide groups is 1. The van der Waals surface area contributed by atoms with Gasteiger partial charge in [0.1, 0.15) is 5.25 Å². The Morgan fingerprint density at radius 3 is 2.73 bits per heavy atom. The lowest BCUT2D eigenvalue weighted by atomic mass is 10.1. The molecule has 0 bridgehead atoms. The van der Waals surface area contributed by atoms with Crippen LogP contribution in [0.4, 0.5) is 5.69 Å². The van der Waals surface area contributed by atoms with Crippen LogP contribution < -0.4 is 10.6 Å². The maximum Gasteiger partial charge on any atom is 0.247 e. The zero-order valence-electron chi connectivity index (χ0n) is 15.6. The van der Waals surface area contributed by atoms with Gasteiger partial charge < -0.3 is 5.73 Å². The Labute approximate surface area is 185 Å². The molecule has 0 saturated carbocycles. The summed E-state index contributed by atoms with van der Waals surface area (Å²) in [7, 11) is 0. The highest BCUT2D eigenvalue weighted by Crippen LogP contribution is 2.30. The van der Waals surface area contributed by atoms with Crippen molar-refractivity contribution in [2.45, 2.75) is 11.7 Å². The number of nitrogens with two attached hydrogens (primary N) is 1. The summed E-state index contributed by atoms with van der Waals surface area (Å²) in [5.41, 5.74) is 8.19. The van der Waals surface area contributed by atoms with Crippen molar-refractivity contribution in [2.24, 2.45) is 15.9 Å². The van der Waals surface area contributed by atoms with E-state index in [1.807, 2.05) is 30.3 Å². The van der Waals surface area contributed by atoms with Crippen LogP contribution in [-0.4, -0.2) is 33.4 Å². The summed E-state index contributed by atoms with van der Waals surface area (Å²) < 4.78 is 0.868. The van der Waals surface area contributed by atoms with Gasteiger partial charge in [-0.1, -0.05) is 45.9 Å². The Hall–Kier alpha value is -3.04. The predicted octanol–water partition coefficient (Wildman–Crippen LogP) is 3.71. The Balaban J connectivity index is 1.45. The van der Waals surface area contributed by atoms with Crippen molar-refractivity contribution in [3.63, 3.8) is 0 Å². The molecule has 1 aliphatic rings. The SMILES string of the molecule is NC(=N/N=C\c1ccnc2ccccc12)S[C@@H]1CC(=O)N(c2ccc(Br)cc2)C1=O. The Bertz CT molecular complexity index is 1170. The first-order valence-electron chi connectivity index (χ1n) is 9.02. The molecule has 1 aromatic heterocycles. The molecule has 2 amide bonds. The molecule has 150 valence electrons. The quantitative estimate of drug-likeness (QED) is 0.265. The van der Waals surface area contributed by atoms with E-state index in [4.69, 9.17) is 5.73 Å². The Morgan fingerprint density at radius 1 is 1.17 bits per heavy atom. The van der Waals surface area contributed by atoms with Crippen molar-refractivity contribution in [3.05, 3.63) is 70.8 Å². The van der Waals surface area contributed by atoms with Crippen LogP contribution in [0.5, 0.6) is 0 Å². The van der Waals surface area contributed by atoms with Crippen LogP contribution in [0.3, 0.4) is 0 Å². The fourth-order valence-corrected chi connectivity index (χ4v) is 4.19. The summed E-state index contributed by atoms with van der Waals surface area (Å²) in [6.45, 7) is 0. The number of benzene rings is 2. The van der Waals surface area contributed by atoms with Crippen LogP contribution in [0.15, 0.2) is 75.5 Å². The monoisotopic (exact) mass is 481 g/mol. The van der Waals surface area contributed by atoms with Crippen LogP contribution in [0.1, 0.15) is 12.0 Å². The fourth-order valence-electron chi connectivity index (χ4n) is 3.11. The summed E-state index contributed by atoms with van der Waals surface area (Å²) in [5, 5.41) is 8.46. The third-order valence-corrected chi connectivity index (χ3v) is 5.99. The van der Waals surface area contributed by atoms with Crippen molar-refractivity contribution in [3.8, 4) is 0 Å². The zero-order chi connectivity index (χ0) is 21.1. The smallest absolute Gasteiger partial charge is 0.247 e. The number of pyridine rings is 1. The Morgan fingerprint density at radius 2 is 1.93 bits per heavy atom. The maximum absolute atomic E-state index is 12.7. The number of thioether (sulfide) groups is 1. The number of carbonyl (C=O) groups excluding carboxylic acids is 2. The number of anilines is 1. The first-order chi connectivity index (χ1) is 14.5. The number of para-hydroxylation sites is 1. The largest absolute Gasteiger partial charge is 0.377 e. The van der Waals surface area contributed by atoms with E-state index < -0.39 is 5.25 Å². The van der Waals surface area contributed by atoms with Gasteiger partial charge >= 0.3 is 0 Å². The first-order valence-corrected chi connectivity index (χ1v) is 10.7. The minimum absolute atomic E-state index is 0.0640. The molecule has 7 nitrogen and oxygen atoms in total. The van der Waals surface area contributed by atoms with E-state index >= 15 is 0 Å². The van der Waals surface area contributed by atoms with Gasteiger partial charge in [0.25, 0.3) is 0 Å². The third-order valence-electron chi connectivity index (χ3n) is 4.49. The van der Waals surface area contributed by atoms with E-state index in [1.165, 1.54) is 4.90 Å². The van der Waals surface area contributed by atoms with Crippen LogP contribution >= 0.6 is 27.7 Å². The summed E-state index contributed by atoms with van der Waals surface area (Å²) in [6.07, 6.45) is 3.35. The van der Waals surface area contributed by atoms with Crippen molar-refractivity contribution in [1.82, 2.24) is 4.98 Å². The van der Waals surface area contributed by atoms with Gasteiger partial charge in [0.2, 0.25) is 11.8 Å². The number of amidine groups is 1. The lowest BCUT2D eigenvalue weighted by Gasteiger charge is -2.14. The van der Waals surface area contributed by atoms with Gasteiger partial charge in [-0.25, -0.2) is 4.90 Å². The number of amides is 2. The second-order valence-electron chi connectivity index (χ2n) is 6.45. The van der Waals surface area contributed by atoms with Crippen LogP contribution in [0, 0.1) is 0 Å². The van der Waals surface area contributed by atoms with E-state index in [2.05, 4.69) is 31.1 Å². The number of rotatable bonds is 4. The molecule has 30 heavy (non-hydrogen) atoms. The normalized spacial score (nSPS) is 17.4. The number of hydrogen-bond acceptors (Lipinski definition) is 6. The molecule has 1 atom stereocenters. The predicted molar refractivity (Wildman–Crippen MR) is 124 cm³/mol. The summed E-state index contributed by atoms with van der Waals surface area (Å²) in [5.74, 6) is -0.575. The van der Waals surface area contributed by atoms with Gasteiger partial charge in [-0.15, -0.1) is 5.10 Å². The topological polar surface area (TPSA) is 101 Å². The number of hydrogen-bond donors (Lipinski definition) is 1. The van der Waals surface area contributed by atoms with Crippen molar-refractivity contribution >= 4 is 67.5 Å². The number of carbonyl (C=O) groups is 2. The first kappa shape index (κ1) is 20.2. The second kappa shape index (κ2) is 8.76. The molecule has 1 fully saturated rings. The molecule has 0 radical (unpaired) electrons. The molecule has 1 saturated heterocycles. The zero-order valence-corrected chi connectivity index (χ0v) is 18.0. The van der Waals surface area contributed by atoms with Crippen molar-refractivity contribution < 1.29 is 9.59 Å². The molecule has 0 aliphatic carbocycles.